The average molecular weight is 389 g/mol. The first kappa shape index (κ1) is 18.8. The Morgan fingerprint density at radius 1 is 1.04 bits per heavy atom. The fourth-order valence-electron chi connectivity index (χ4n) is 2.43. The van der Waals surface area contributed by atoms with Crippen LogP contribution in [0.3, 0.4) is 0 Å². The molecule has 0 aliphatic rings. The van der Waals surface area contributed by atoms with Crippen molar-refractivity contribution in [1.29, 1.82) is 0 Å². The molecule has 0 atom stereocenters. The summed E-state index contributed by atoms with van der Waals surface area (Å²) in [6, 6.07) is 11.9. The Bertz CT molecular complexity index is 1030. The van der Waals surface area contributed by atoms with E-state index < -0.39 is 10.0 Å². The Morgan fingerprint density at radius 3 is 2.41 bits per heavy atom. The van der Waals surface area contributed by atoms with Crippen molar-refractivity contribution < 1.29 is 17.9 Å². The van der Waals surface area contributed by atoms with E-state index in [9.17, 15) is 8.42 Å². The van der Waals surface area contributed by atoms with Gasteiger partial charge in [0, 0.05) is 6.07 Å². The Kier molecular flexibility index (Phi) is 5.38. The molecule has 27 heavy (non-hydrogen) atoms. The topological polar surface area (TPSA) is 108 Å². The van der Waals surface area contributed by atoms with E-state index >= 15 is 0 Å². The predicted octanol–water partition coefficient (Wildman–Crippen LogP) is 1.47. The van der Waals surface area contributed by atoms with E-state index in [2.05, 4.69) is 20.2 Å². The second-order valence-corrected chi connectivity index (χ2v) is 7.45. The van der Waals surface area contributed by atoms with Gasteiger partial charge in [-0.25, -0.2) is 13.1 Å². The number of sulfonamides is 1. The van der Waals surface area contributed by atoms with Crippen molar-refractivity contribution in [2.45, 2.75) is 18.4 Å². The molecule has 1 heterocycles. The lowest BCUT2D eigenvalue weighted by Crippen LogP contribution is -2.25. The maximum Gasteiger partial charge on any atom is 0.241 e. The summed E-state index contributed by atoms with van der Waals surface area (Å²) in [4.78, 5) is 0.0505. The summed E-state index contributed by atoms with van der Waals surface area (Å²) >= 11 is 0. The minimum Gasteiger partial charge on any atom is -0.493 e. The maximum absolute atomic E-state index is 12.6. The highest BCUT2D eigenvalue weighted by Crippen LogP contribution is 2.29. The summed E-state index contributed by atoms with van der Waals surface area (Å²) in [5.41, 5.74) is 1.84. The van der Waals surface area contributed by atoms with Crippen LogP contribution in [0.25, 0.3) is 5.69 Å². The number of hydrogen-bond acceptors (Lipinski definition) is 7. The summed E-state index contributed by atoms with van der Waals surface area (Å²) < 4.78 is 39.5. The van der Waals surface area contributed by atoms with E-state index in [1.165, 1.54) is 37.1 Å². The lowest BCUT2D eigenvalue weighted by Gasteiger charge is -2.11. The number of ether oxygens (including phenoxy) is 2. The van der Waals surface area contributed by atoms with Crippen LogP contribution in [-0.4, -0.2) is 42.8 Å². The lowest BCUT2D eigenvalue weighted by atomic mass is 10.2. The second-order valence-electron chi connectivity index (χ2n) is 5.68. The van der Waals surface area contributed by atoms with E-state index in [-0.39, 0.29) is 11.4 Å². The monoisotopic (exact) mass is 389 g/mol. The van der Waals surface area contributed by atoms with Crippen molar-refractivity contribution in [1.82, 2.24) is 24.9 Å². The summed E-state index contributed by atoms with van der Waals surface area (Å²) in [6.07, 6.45) is 0. The molecule has 2 aromatic carbocycles. The first-order valence-electron chi connectivity index (χ1n) is 8.00. The third-order valence-electron chi connectivity index (χ3n) is 3.90. The third kappa shape index (κ3) is 4.07. The van der Waals surface area contributed by atoms with Crippen molar-refractivity contribution in [2.75, 3.05) is 14.2 Å². The number of methoxy groups -OCH3 is 2. The van der Waals surface area contributed by atoms with Crippen molar-refractivity contribution in [2.24, 2.45) is 0 Å². The van der Waals surface area contributed by atoms with Gasteiger partial charge in [0.25, 0.3) is 0 Å². The minimum absolute atomic E-state index is 0.0505. The van der Waals surface area contributed by atoms with Gasteiger partial charge in [-0.3, -0.25) is 0 Å². The van der Waals surface area contributed by atoms with E-state index in [0.717, 1.165) is 11.3 Å². The van der Waals surface area contributed by atoms with Gasteiger partial charge in [-0.1, -0.05) is 17.7 Å². The molecular formula is C17H19N5O4S. The summed E-state index contributed by atoms with van der Waals surface area (Å²) in [7, 11) is -0.871. The van der Waals surface area contributed by atoms with Crippen LogP contribution in [0.4, 0.5) is 0 Å². The number of aryl methyl sites for hydroxylation is 1. The van der Waals surface area contributed by atoms with Gasteiger partial charge < -0.3 is 9.47 Å². The quantitative estimate of drug-likeness (QED) is 0.652. The molecule has 0 bridgehead atoms. The van der Waals surface area contributed by atoms with Crippen LogP contribution in [-0.2, 0) is 16.6 Å². The number of nitrogens with one attached hydrogen (secondary N) is 1. The van der Waals surface area contributed by atoms with Crippen LogP contribution >= 0.6 is 0 Å². The van der Waals surface area contributed by atoms with E-state index in [1.54, 1.807) is 0 Å². The van der Waals surface area contributed by atoms with Gasteiger partial charge in [0.2, 0.25) is 10.0 Å². The van der Waals surface area contributed by atoms with Crippen LogP contribution in [0, 0.1) is 6.92 Å². The molecule has 0 saturated carbocycles. The molecule has 0 spiro atoms. The first-order chi connectivity index (χ1) is 12.9. The first-order valence-corrected chi connectivity index (χ1v) is 9.49. The van der Waals surface area contributed by atoms with E-state index in [1.807, 2.05) is 31.2 Å². The minimum atomic E-state index is -3.79. The molecule has 3 aromatic rings. The van der Waals surface area contributed by atoms with Gasteiger partial charge in [-0.05, 0) is 41.6 Å². The number of benzene rings is 2. The van der Waals surface area contributed by atoms with Gasteiger partial charge in [0.15, 0.2) is 17.3 Å². The van der Waals surface area contributed by atoms with Crippen LogP contribution in [0.1, 0.15) is 11.4 Å². The summed E-state index contributed by atoms with van der Waals surface area (Å²) in [5, 5.41) is 11.5. The number of nitrogens with zero attached hydrogens (tertiary/aromatic N) is 4. The SMILES string of the molecule is COc1ccc(S(=O)(=O)NCc2nnnn2-c2ccc(C)cc2)cc1OC. The third-order valence-corrected chi connectivity index (χ3v) is 5.30. The molecule has 0 radical (unpaired) electrons. The molecule has 0 unspecified atom stereocenters. The molecule has 9 nitrogen and oxygen atoms in total. The Labute approximate surface area is 157 Å². The maximum atomic E-state index is 12.6. The van der Waals surface area contributed by atoms with Gasteiger partial charge in [-0.2, -0.15) is 4.68 Å². The van der Waals surface area contributed by atoms with Gasteiger partial charge in [0.05, 0.1) is 31.3 Å². The van der Waals surface area contributed by atoms with Crippen molar-refractivity contribution >= 4 is 10.0 Å². The Balaban J connectivity index is 1.81. The van der Waals surface area contributed by atoms with Crippen LogP contribution in [0.15, 0.2) is 47.4 Å². The molecule has 142 valence electrons. The molecule has 0 saturated heterocycles. The van der Waals surface area contributed by atoms with Gasteiger partial charge >= 0.3 is 0 Å². The van der Waals surface area contributed by atoms with E-state index in [4.69, 9.17) is 9.47 Å². The number of hydrogen-bond donors (Lipinski definition) is 1. The zero-order chi connectivity index (χ0) is 19.4. The highest BCUT2D eigenvalue weighted by molar-refractivity contribution is 7.89. The molecule has 0 aliphatic heterocycles. The number of tetrazole rings is 1. The lowest BCUT2D eigenvalue weighted by molar-refractivity contribution is 0.354. The standard InChI is InChI=1S/C17H19N5O4S/c1-12-4-6-13(7-5-12)22-17(19-20-21-22)11-18-27(23,24)14-8-9-15(25-2)16(10-14)26-3/h4-10,18H,11H2,1-3H3. The Morgan fingerprint density at radius 2 is 1.74 bits per heavy atom. The zero-order valence-corrected chi connectivity index (χ0v) is 15.9. The van der Waals surface area contributed by atoms with Crippen molar-refractivity contribution in [3.8, 4) is 17.2 Å². The molecular weight excluding hydrogens is 370 g/mol. The molecule has 0 amide bonds. The average Bonchev–Trinajstić information content (AvgIpc) is 3.15. The molecule has 3 rings (SSSR count). The van der Waals surface area contributed by atoms with Crippen LogP contribution in [0.5, 0.6) is 11.5 Å². The highest BCUT2D eigenvalue weighted by Gasteiger charge is 2.19. The highest BCUT2D eigenvalue weighted by atomic mass is 32.2. The van der Waals surface area contributed by atoms with Crippen molar-refractivity contribution in [3.63, 3.8) is 0 Å². The number of aromatic nitrogens is 4. The fourth-order valence-corrected chi connectivity index (χ4v) is 3.42. The zero-order valence-electron chi connectivity index (χ0n) is 15.1. The molecule has 0 aliphatic carbocycles. The fraction of sp³-hybridized carbons (Fsp3) is 0.235. The normalized spacial score (nSPS) is 11.4. The molecule has 0 fully saturated rings. The number of rotatable bonds is 7. The molecule has 10 heteroatoms. The summed E-state index contributed by atoms with van der Waals surface area (Å²) in [6.45, 7) is 1.90. The van der Waals surface area contributed by atoms with Crippen LogP contribution < -0.4 is 14.2 Å². The summed E-state index contributed by atoms with van der Waals surface area (Å²) in [5.74, 6) is 1.13. The van der Waals surface area contributed by atoms with Gasteiger partial charge in [-0.15, -0.1) is 5.10 Å². The largest absolute Gasteiger partial charge is 0.493 e. The van der Waals surface area contributed by atoms with Crippen molar-refractivity contribution in [3.05, 3.63) is 53.9 Å². The molecule has 1 N–H and O–H groups in total. The predicted molar refractivity (Wildman–Crippen MR) is 97.5 cm³/mol. The van der Waals surface area contributed by atoms with E-state index in [0.29, 0.717) is 17.3 Å². The second kappa shape index (κ2) is 7.72. The van der Waals surface area contributed by atoms with Gasteiger partial charge in [0.1, 0.15) is 0 Å². The smallest absolute Gasteiger partial charge is 0.241 e. The molecule has 1 aromatic heterocycles. The van der Waals surface area contributed by atoms with Crippen LogP contribution in [0.2, 0.25) is 0 Å². The Hall–Kier alpha value is -2.98.